The Balaban J connectivity index is 3.05. The number of halogens is 2. The van der Waals surface area contributed by atoms with Gasteiger partial charge in [-0.15, -0.1) is 0 Å². The van der Waals surface area contributed by atoms with Crippen LogP contribution in [-0.2, 0) is 0 Å². The highest BCUT2D eigenvalue weighted by atomic mass is 79.9. The van der Waals surface area contributed by atoms with Gasteiger partial charge in [-0.1, -0.05) is 28.1 Å². The molecule has 0 bridgehead atoms. The first-order valence-corrected chi connectivity index (χ1v) is 6.56. The third-order valence-corrected chi connectivity index (χ3v) is 2.91. The fourth-order valence-corrected chi connectivity index (χ4v) is 2.10. The molecule has 3 nitrogen and oxygen atoms in total. The van der Waals surface area contributed by atoms with Crippen molar-refractivity contribution < 1.29 is 9.18 Å². The molecular formula is C12H14BrFN2OS. The second kappa shape index (κ2) is 6.24. The van der Waals surface area contributed by atoms with Crippen molar-refractivity contribution in [3.8, 4) is 0 Å². The summed E-state index contributed by atoms with van der Waals surface area (Å²) in [6.45, 7) is 3.88. The molecule has 0 aliphatic carbocycles. The third-order valence-electron chi connectivity index (χ3n) is 2.32. The number of carbonyl (C=O) groups excluding carboxylic acids is 1. The Kier molecular flexibility index (Phi) is 5.22. The lowest BCUT2D eigenvalue weighted by molar-refractivity contribution is 0.0735. The fourth-order valence-electron chi connectivity index (χ4n) is 1.50. The average Bonchev–Trinajstić information content (AvgIpc) is 2.23. The molecule has 0 heterocycles. The second-order valence-electron chi connectivity index (χ2n) is 4.15. The Morgan fingerprint density at radius 3 is 2.56 bits per heavy atom. The summed E-state index contributed by atoms with van der Waals surface area (Å²) in [5.74, 6) is -0.759. The van der Waals surface area contributed by atoms with E-state index >= 15 is 0 Å². The van der Waals surface area contributed by atoms with Crippen molar-refractivity contribution in [1.82, 2.24) is 4.90 Å². The lowest BCUT2D eigenvalue weighted by atomic mass is 10.1. The highest BCUT2D eigenvalue weighted by Gasteiger charge is 2.20. The van der Waals surface area contributed by atoms with Gasteiger partial charge in [0.1, 0.15) is 5.82 Å². The van der Waals surface area contributed by atoms with Crippen molar-refractivity contribution >= 4 is 39.0 Å². The molecule has 0 saturated carbocycles. The van der Waals surface area contributed by atoms with E-state index in [2.05, 4.69) is 15.9 Å². The number of carbonyl (C=O) groups is 1. The Hall–Kier alpha value is -1.01. The third kappa shape index (κ3) is 4.03. The van der Waals surface area contributed by atoms with Crippen LogP contribution in [0.2, 0.25) is 0 Å². The standard InChI is InChI=1S/C12H14BrFN2OS/c1-7(2)16(6-11(15)18)12(17)8-3-9(13)5-10(14)4-8/h3-5,7H,6H2,1-2H3,(H2,15,18). The highest BCUT2D eigenvalue weighted by Crippen LogP contribution is 2.17. The number of hydrogen-bond donors (Lipinski definition) is 1. The van der Waals surface area contributed by atoms with Gasteiger partial charge in [0.15, 0.2) is 0 Å². The normalized spacial score (nSPS) is 10.5. The van der Waals surface area contributed by atoms with Crippen LogP contribution < -0.4 is 5.73 Å². The van der Waals surface area contributed by atoms with Crippen LogP contribution in [0, 0.1) is 5.82 Å². The van der Waals surface area contributed by atoms with Gasteiger partial charge in [0.25, 0.3) is 5.91 Å². The molecule has 0 saturated heterocycles. The SMILES string of the molecule is CC(C)N(CC(N)=S)C(=O)c1cc(F)cc(Br)c1. The van der Waals surface area contributed by atoms with E-state index in [9.17, 15) is 9.18 Å². The van der Waals surface area contributed by atoms with Crippen molar-refractivity contribution in [3.05, 3.63) is 34.1 Å². The summed E-state index contributed by atoms with van der Waals surface area (Å²) in [6.07, 6.45) is 0. The van der Waals surface area contributed by atoms with Crippen molar-refractivity contribution in [3.63, 3.8) is 0 Å². The summed E-state index contributed by atoms with van der Waals surface area (Å²) in [5.41, 5.74) is 5.73. The number of nitrogens with zero attached hydrogens (tertiary/aromatic N) is 1. The van der Waals surface area contributed by atoms with Crippen molar-refractivity contribution in [1.29, 1.82) is 0 Å². The van der Waals surface area contributed by atoms with E-state index in [-0.39, 0.29) is 29.0 Å². The largest absolute Gasteiger partial charge is 0.392 e. The first-order valence-electron chi connectivity index (χ1n) is 5.36. The first-order chi connectivity index (χ1) is 8.31. The maximum atomic E-state index is 13.3. The van der Waals surface area contributed by atoms with E-state index in [1.54, 1.807) is 6.07 Å². The smallest absolute Gasteiger partial charge is 0.254 e. The molecule has 0 atom stereocenters. The first kappa shape index (κ1) is 15.0. The summed E-state index contributed by atoms with van der Waals surface area (Å²) < 4.78 is 13.8. The Morgan fingerprint density at radius 2 is 2.11 bits per heavy atom. The molecule has 0 spiro atoms. The average molecular weight is 333 g/mol. The van der Waals surface area contributed by atoms with Crippen LogP contribution in [-0.4, -0.2) is 28.4 Å². The van der Waals surface area contributed by atoms with Gasteiger partial charge in [-0.25, -0.2) is 4.39 Å². The fraction of sp³-hybridized carbons (Fsp3) is 0.333. The zero-order valence-electron chi connectivity index (χ0n) is 10.1. The Bertz CT molecular complexity index is 459. The number of hydrogen-bond acceptors (Lipinski definition) is 2. The highest BCUT2D eigenvalue weighted by molar-refractivity contribution is 9.10. The van der Waals surface area contributed by atoms with Crippen LogP contribution in [0.25, 0.3) is 0 Å². The maximum absolute atomic E-state index is 13.3. The van der Waals surface area contributed by atoms with E-state index in [1.807, 2.05) is 13.8 Å². The predicted octanol–water partition coefficient (Wildman–Crippen LogP) is 2.72. The molecule has 0 aliphatic heterocycles. The zero-order valence-corrected chi connectivity index (χ0v) is 12.5. The van der Waals surface area contributed by atoms with E-state index < -0.39 is 5.82 Å². The summed E-state index contributed by atoms with van der Waals surface area (Å²) in [5, 5.41) is 0. The van der Waals surface area contributed by atoms with Gasteiger partial charge in [-0.2, -0.15) is 0 Å². The molecule has 1 aromatic rings. The van der Waals surface area contributed by atoms with Gasteiger partial charge in [0.2, 0.25) is 0 Å². The van der Waals surface area contributed by atoms with Gasteiger partial charge >= 0.3 is 0 Å². The quantitative estimate of drug-likeness (QED) is 0.862. The molecule has 0 aromatic heterocycles. The van der Waals surface area contributed by atoms with Gasteiger partial charge < -0.3 is 10.6 Å². The van der Waals surface area contributed by atoms with Crippen LogP contribution in [0.5, 0.6) is 0 Å². The summed E-state index contributed by atoms with van der Waals surface area (Å²) in [4.78, 5) is 14.0. The van der Waals surface area contributed by atoms with Gasteiger partial charge in [-0.3, -0.25) is 4.79 Å². The van der Waals surface area contributed by atoms with Crippen LogP contribution >= 0.6 is 28.1 Å². The number of nitrogens with two attached hydrogens (primary N) is 1. The number of amides is 1. The molecule has 0 radical (unpaired) electrons. The molecule has 18 heavy (non-hydrogen) atoms. The van der Waals surface area contributed by atoms with E-state index in [1.165, 1.54) is 17.0 Å². The lowest BCUT2D eigenvalue weighted by Gasteiger charge is -2.26. The van der Waals surface area contributed by atoms with E-state index in [0.29, 0.717) is 4.47 Å². The second-order valence-corrected chi connectivity index (χ2v) is 5.59. The summed E-state index contributed by atoms with van der Waals surface area (Å²) >= 11 is 7.97. The monoisotopic (exact) mass is 332 g/mol. The molecule has 2 N–H and O–H groups in total. The number of benzene rings is 1. The van der Waals surface area contributed by atoms with E-state index in [4.69, 9.17) is 18.0 Å². The van der Waals surface area contributed by atoms with Crippen molar-refractivity contribution in [2.45, 2.75) is 19.9 Å². The molecule has 1 aromatic carbocycles. The number of thiocarbonyl (C=S) groups is 1. The molecule has 0 aliphatic rings. The molecule has 6 heteroatoms. The predicted molar refractivity (Wildman–Crippen MR) is 77.1 cm³/mol. The van der Waals surface area contributed by atoms with Crippen molar-refractivity contribution in [2.75, 3.05) is 6.54 Å². The van der Waals surface area contributed by atoms with Gasteiger partial charge in [0.05, 0.1) is 11.5 Å². The van der Waals surface area contributed by atoms with Gasteiger partial charge in [-0.05, 0) is 32.0 Å². The van der Waals surface area contributed by atoms with Crippen LogP contribution in [0.1, 0.15) is 24.2 Å². The lowest BCUT2D eigenvalue weighted by Crippen LogP contribution is -2.42. The minimum absolute atomic E-state index is 0.0685. The zero-order chi connectivity index (χ0) is 13.9. The molecule has 1 rings (SSSR count). The Labute approximate surface area is 119 Å². The summed E-state index contributed by atoms with van der Waals surface area (Å²) in [6, 6.07) is 3.99. The number of rotatable bonds is 4. The Morgan fingerprint density at radius 1 is 1.50 bits per heavy atom. The molecule has 1 amide bonds. The minimum atomic E-state index is -0.466. The van der Waals surface area contributed by atoms with Gasteiger partial charge in [0, 0.05) is 16.1 Å². The molecule has 0 unspecified atom stereocenters. The van der Waals surface area contributed by atoms with Crippen molar-refractivity contribution in [2.24, 2.45) is 5.73 Å². The minimum Gasteiger partial charge on any atom is -0.392 e. The van der Waals surface area contributed by atoms with Crippen LogP contribution in [0.4, 0.5) is 4.39 Å². The van der Waals surface area contributed by atoms with Crippen LogP contribution in [0.15, 0.2) is 22.7 Å². The van der Waals surface area contributed by atoms with E-state index in [0.717, 1.165) is 0 Å². The molecular weight excluding hydrogens is 319 g/mol. The maximum Gasteiger partial charge on any atom is 0.254 e. The molecule has 98 valence electrons. The topological polar surface area (TPSA) is 46.3 Å². The molecule has 0 fully saturated rings. The van der Waals surface area contributed by atoms with Crippen LogP contribution in [0.3, 0.4) is 0 Å². The summed E-state index contributed by atoms with van der Waals surface area (Å²) in [7, 11) is 0.